The van der Waals surface area contributed by atoms with Crippen molar-refractivity contribution >= 4 is 86.9 Å². The van der Waals surface area contributed by atoms with Gasteiger partial charge in [-0.15, -0.1) is 0 Å². The van der Waals surface area contributed by atoms with E-state index in [-0.39, 0.29) is 43.4 Å². The first kappa shape index (κ1) is 44.0. The molecule has 0 saturated carbocycles. The maximum absolute atomic E-state index is 11.5. The Morgan fingerprint density at radius 1 is 0.600 bits per heavy atom. The topological polar surface area (TPSA) is 252 Å². The first-order chi connectivity index (χ1) is 31.4. The highest BCUT2D eigenvalue weighted by Gasteiger charge is 2.26. The number of H-pyrrole nitrogens is 2. The quantitative estimate of drug-likeness (QED) is 0.0421. The molecule has 0 unspecified atom stereocenters. The van der Waals surface area contributed by atoms with Crippen LogP contribution in [0.3, 0.4) is 0 Å². The number of hydrazine groups is 1. The maximum Gasteiger partial charge on any atom is 0.311 e. The lowest BCUT2D eigenvalue weighted by Gasteiger charge is -2.37. The van der Waals surface area contributed by atoms with Crippen LogP contribution in [0.2, 0.25) is 20.1 Å². The van der Waals surface area contributed by atoms with Gasteiger partial charge >= 0.3 is 5.69 Å². The van der Waals surface area contributed by atoms with Crippen molar-refractivity contribution in [3.8, 4) is 45.3 Å². The zero-order valence-electron chi connectivity index (χ0n) is 33.5. The lowest BCUT2D eigenvalue weighted by atomic mass is 10.0. The molecular weight excluding hydrogens is 920 g/mol. The third-order valence-electron chi connectivity index (χ3n) is 9.78. The van der Waals surface area contributed by atoms with E-state index in [1.807, 2.05) is 34.3 Å². The van der Waals surface area contributed by atoms with Crippen molar-refractivity contribution in [3.63, 3.8) is 0 Å². The Bertz CT molecular complexity index is 3000. The van der Waals surface area contributed by atoms with Crippen LogP contribution in [0.25, 0.3) is 45.3 Å². The molecule has 0 fully saturated rings. The molecule has 0 saturated heterocycles. The molecule has 6 N–H and O–H groups in total. The van der Waals surface area contributed by atoms with Crippen LogP contribution < -0.4 is 26.4 Å². The van der Waals surface area contributed by atoms with Gasteiger partial charge in [0, 0.05) is 82.3 Å². The number of hydrogen-bond donors (Lipinski definition) is 5. The minimum atomic E-state index is -0.607. The van der Waals surface area contributed by atoms with Crippen molar-refractivity contribution in [1.82, 2.24) is 39.9 Å². The predicted octanol–water partition coefficient (Wildman–Crippen LogP) is 9.85. The van der Waals surface area contributed by atoms with E-state index in [9.17, 15) is 20.2 Å². The first-order valence-electron chi connectivity index (χ1n) is 19.4. The fraction of sp³-hybridized carbons (Fsp3) is 0.0952. The van der Waals surface area contributed by atoms with Crippen LogP contribution in [0.1, 0.15) is 0 Å². The van der Waals surface area contributed by atoms with Crippen molar-refractivity contribution in [1.29, 1.82) is 0 Å². The molecule has 0 aliphatic carbocycles. The Morgan fingerprint density at radius 3 is 1.54 bits per heavy atom. The van der Waals surface area contributed by atoms with Gasteiger partial charge in [0.25, 0.3) is 5.69 Å². The van der Waals surface area contributed by atoms with Crippen molar-refractivity contribution in [2.45, 2.75) is 0 Å². The van der Waals surface area contributed by atoms with Crippen LogP contribution in [0.4, 0.5) is 40.5 Å². The molecule has 2 aromatic carbocycles. The Labute approximate surface area is 388 Å². The van der Waals surface area contributed by atoms with Gasteiger partial charge in [-0.2, -0.15) is 0 Å². The van der Waals surface area contributed by atoms with E-state index >= 15 is 0 Å². The van der Waals surface area contributed by atoms with Crippen molar-refractivity contribution in [3.05, 3.63) is 156 Å². The minimum Gasteiger partial charge on any atom is -0.378 e. The van der Waals surface area contributed by atoms with E-state index in [0.717, 1.165) is 0 Å². The molecule has 0 amide bonds. The van der Waals surface area contributed by atoms with Crippen LogP contribution in [0, 0.1) is 20.2 Å². The fourth-order valence-electron chi connectivity index (χ4n) is 6.78. The number of nitrogen functional groups attached to an aromatic ring is 1. The number of imidazole rings is 2. The summed E-state index contributed by atoms with van der Waals surface area (Å²) in [4.78, 5) is 56.0. The van der Waals surface area contributed by atoms with Gasteiger partial charge in [0.2, 0.25) is 5.82 Å². The molecule has 6 aromatic heterocycles. The van der Waals surface area contributed by atoms with Gasteiger partial charge < -0.3 is 26.3 Å². The van der Waals surface area contributed by atoms with Gasteiger partial charge in [-0.1, -0.05) is 46.4 Å². The minimum absolute atomic E-state index is 0.157. The number of aromatic nitrogens is 8. The zero-order chi connectivity index (χ0) is 45.6. The average Bonchev–Trinajstić information content (AvgIpc) is 4.03. The van der Waals surface area contributed by atoms with Crippen molar-refractivity contribution in [2.75, 3.05) is 52.6 Å². The van der Waals surface area contributed by atoms with Crippen LogP contribution in [0.15, 0.2) is 116 Å². The number of nitrogens with zero attached hydrogens (tertiary/aromatic N) is 10. The molecular formula is C42H33Cl4N15O4. The molecule has 0 bridgehead atoms. The van der Waals surface area contributed by atoms with Gasteiger partial charge in [0.1, 0.15) is 41.1 Å². The van der Waals surface area contributed by atoms with Crippen LogP contribution >= 0.6 is 46.4 Å². The Hall–Kier alpha value is -7.58. The summed E-state index contributed by atoms with van der Waals surface area (Å²) in [6.45, 7) is 0.792. The summed E-state index contributed by atoms with van der Waals surface area (Å²) in [6, 6.07) is 23.2. The number of hydrogen-bond acceptors (Lipinski definition) is 15. The smallest absolute Gasteiger partial charge is 0.311 e. The summed E-state index contributed by atoms with van der Waals surface area (Å²) in [5.41, 5.74) is 8.86. The molecule has 0 spiro atoms. The highest BCUT2D eigenvalue weighted by atomic mass is 35.5. The zero-order valence-corrected chi connectivity index (χ0v) is 36.5. The fourth-order valence-corrected chi connectivity index (χ4v) is 7.78. The second-order valence-electron chi connectivity index (χ2n) is 13.9. The molecule has 65 heavy (non-hydrogen) atoms. The summed E-state index contributed by atoms with van der Waals surface area (Å²) in [7, 11) is 0. The second kappa shape index (κ2) is 19.4. The molecule has 328 valence electrons. The number of halogens is 4. The molecule has 8 aromatic rings. The predicted molar refractivity (Wildman–Crippen MR) is 252 cm³/mol. The molecule has 19 nitrogen and oxygen atoms in total. The lowest BCUT2D eigenvalue weighted by Crippen LogP contribution is -2.48. The number of nitro groups is 2. The largest absolute Gasteiger partial charge is 0.378 e. The molecule has 0 atom stereocenters. The summed E-state index contributed by atoms with van der Waals surface area (Å²) in [6.07, 6.45) is 7.83. The molecule has 0 aliphatic rings. The van der Waals surface area contributed by atoms with Crippen LogP contribution in [-0.2, 0) is 0 Å². The highest BCUT2D eigenvalue weighted by molar-refractivity contribution is 6.37. The van der Waals surface area contributed by atoms with E-state index in [4.69, 9.17) is 62.1 Å². The number of nitrogens with one attached hydrogen (secondary N) is 4. The molecule has 8 rings (SSSR count). The standard InChI is InChI=1S/C42H33Cl4N15O4/c43-24-1-4-27(31(45)21-24)38-29(41-50-13-14-51-41)6-11-36(56-38)58(19-17-48-34-9-3-26(23-54-34)60(62)63)59(20-18-49-35-10-8-33(61(64)65)40(47)55-35)37-12-7-30(42-52-15-16-53-42)39(57-37)28-5-2-25(44)22-32(28)46/h1-16,21-23H,17-20H2,(H,48,54)(H,50,51)(H,52,53)(H3,47,49,55). The molecule has 23 heteroatoms. The van der Waals surface area contributed by atoms with E-state index in [0.29, 0.717) is 88.7 Å². The van der Waals surface area contributed by atoms with Gasteiger partial charge in [-0.25, -0.2) is 29.9 Å². The maximum atomic E-state index is 11.5. The van der Waals surface area contributed by atoms with E-state index in [2.05, 4.69) is 40.5 Å². The van der Waals surface area contributed by atoms with Gasteiger partial charge in [-0.05, 0) is 72.8 Å². The normalized spacial score (nSPS) is 11.0. The Kier molecular flexibility index (Phi) is 13.2. The summed E-state index contributed by atoms with van der Waals surface area (Å²) < 4.78 is 0. The van der Waals surface area contributed by atoms with Crippen molar-refractivity contribution in [2.24, 2.45) is 0 Å². The monoisotopic (exact) mass is 951 g/mol. The molecule has 0 aliphatic heterocycles. The molecule has 0 radical (unpaired) electrons. The summed E-state index contributed by atoms with van der Waals surface area (Å²) >= 11 is 26.4. The van der Waals surface area contributed by atoms with Gasteiger partial charge in [0.15, 0.2) is 0 Å². The third-order valence-corrected chi connectivity index (χ3v) is 10.9. The second-order valence-corrected chi connectivity index (χ2v) is 15.6. The highest BCUT2D eigenvalue weighted by Crippen LogP contribution is 2.39. The van der Waals surface area contributed by atoms with Gasteiger partial charge in [-0.3, -0.25) is 30.2 Å². The Morgan fingerprint density at radius 2 is 1.11 bits per heavy atom. The van der Waals surface area contributed by atoms with Gasteiger partial charge in [0.05, 0.1) is 44.4 Å². The lowest BCUT2D eigenvalue weighted by molar-refractivity contribution is -0.385. The van der Waals surface area contributed by atoms with E-state index in [1.165, 1.54) is 30.5 Å². The van der Waals surface area contributed by atoms with E-state index in [1.54, 1.807) is 61.2 Å². The van der Waals surface area contributed by atoms with Crippen molar-refractivity contribution < 1.29 is 9.85 Å². The molecule has 6 heterocycles. The van der Waals surface area contributed by atoms with E-state index < -0.39 is 9.85 Å². The number of nitrogens with two attached hydrogens (primary N) is 1. The number of aromatic amines is 2. The van der Waals surface area contributed by atoms with Crippen LogP contribution in [0.5, 0.6) is 0 Å². The third kappa shape index (κ3) is 9.98. The average molecular weight is 954 g/mol. The summed E-state index contributed by atoms with van der Waals surface area (Å²) in [5, 5.41) is 34.7. The number of benzene rings is 2. The first-order valence-corrected chi connectivity index (χ1v) is 20.9. The number of anilines is 5. The SMILES string of the molecule is Nc1nc(NCCN(c2ccc(-c3ncc[nH]3)c(-c3ccc(Cl)cc3Cl)n2)N(CCNc2ccc([N+](=O)[O-])cn2)c2ccc(-c3ncc[nH]3)c(-c3ccc(Cl)cc3Cl)n2)ccc1[N+](=O)[O-]. The van der Waals surface area contributed by atoms with Crippen LogP contribution in [-0.4, -0.2) is 75.9 Å². The summed E-state index contributed by atoms with van der Waals surface area (Å²) in [5.74, 6) is 2.37. The Balaban J connectivity index is 1.28. The number of rotatable bonds is 17. The number of pyridine rings is 4.